The van der Waals surface area contributed by atoms with Crippen molar-refractivity contribution in [3.63, 3.8) is 0 Å². The summed E-state index contributed by atoms with van der Waals surface area (Å²) in [6.45, 7) is 1.77. The van der Waals surface area contributed by atoms with Gasteiger partial charge in [0.25, 0.3) is 0 Å². The van der Waals surface area contributed by atoms with E-state index < -0.39 is 11.4 Å². The molecule has 0 heterocycles. The average Bonchev–Trinajstić information content (AvgIpc) is 2.97. The Labute approximate surface area is 99.2 Å². The molecule has 1 aromatic carbocycles. The number of rotatable bonds is 4. The highest BCUT2D eigenvalue weighted by Crippen LogP contribution is 2.52. The van der Waals surface area contributed by atoms with Crippen molar-refractivity contribution in [1.29, 1.82) is 0 Å². The number of aryl methyl sites for hydroxylation is 1. The molecule has 1 aliphatic carbocycles. The minimum Gasteiger partial charge on any atom is -0.496 e. The second-order valence-corrected chi connectivity index (χ2v) is 4.65. The molecule has 0 radical (unpaired) electrons. The highest BCUT2D eigenvalue weighted by molar-refractivity contribution is 5.70. The smallest absolute Gasteiger partial charge is 0.304 e. The summed E-state index contributed by atoms with van der Waals surface area (Å²) >= 11 is 0. The monoisotopic (exact) mass is 238 g/mol. The molecule has 0 aromatic heterocycles. The Morgan fingerprint density at radius 1 is 1.53 bits per heavy atom. The Bertz CT molecular complexity index is 464. The van der Waals surface area contributed by atoms with E-state index in [2.05, 4.69) is 0 Å². The largest absolute Gasteiger partial charge is 0.496 e. The molecule has 1 aromatic rings. The topological polar surface area (TPSA) is 46.5 Å². The van der Waals surface area contributed by atoms with Crippen LogP contribution in [0, 0.1) is 12.7 Å². The van der Waals surface area contributed by atoms with Crippen LogP contribution in [0.15, 0.2) is 12.1 Å². The van der Waals surface area contributed by atoms with E-state index in [1.54, 1.807) is 13.0 Å². The van der Waals surface area contributed by atoms with Crippen molar-refractivity contribution in [2.24, 2.45) is 0 Å². The third-order valence-electron chi connectivity index (χ3n) is 3.40. The Hall–Kier alpha value is -1.58. The van der Waals surface area contributed by atoms with E-state index in [1.807, 2.05) is 0 Å². The lowest BCUT2D eigenvalue weighted by Crippen LogP contribution is -2.15. The van der Waals surface area contributed by atoms with Gasteiger partial charge in [0.15, 0.2) is 0 Å². The highest BCUT2D eigenvalue weighted by Gasteiger charge is 2.47. The van der Waals surface area contributed by atoms with Crippen molar-refractivity contribution in [1.82, 2.24) is 0 Å². The number of aliphatic carboxylic acids is 1. The molecule has 1 aliphatic rings. The molecular formula is C13H15FO3. The molecule has 1 saturated carbocycles. The number of carboxylic acid groups (broad SMARTS) is 1. The summed E-state index contributed by atoms with van der Waals surface area (Å²) in [6, 6.07) is 3.05. The van der Waals surface area contributed by atoms with Crippen LogP contribution in [0.5, 0.6) is 5.75 Å². The van der Waals surface area contributed by atoms with Crippen LogP contribution in [0.2, 0.25) is 0 Å². The minimum absolute atomic E-state index is 0.0177. The van der Waals surface area contributed by atoms with Gasteiger partial charge in [-0.3, -0.25) is 4.79 Å². The fourth-order valence-electron chi connectivity index (χ4n) is 2.26. The van der Waals surface area contributed by atoms with Gasteiger partial charge in [-0.05, 0) is 43.0 Å². The maximum Gasteiger partial charge on any atom is 0.304 e. The molecule has 1 fully saturated rings. The van der Waals surface area contributed by atoms with Gasteiger partial charge in [-0.15, -0.1) is 0 Å². The van der Waals surface area contributed by atoms with Crippen LogP contribution in [0.3, 0.4) is 0 Å². The van der Waals surface area contributed by atoms with Gasteiger partial charge in [-0.25, -0.2) is 4.39 Å². The third kappa shape index (κ3) is 2.12. The SMILES string of the molecule is COc1cc(C2(CC(=O)O)CC2)c(F)cc1C. The summed E-state index contributed by atoms with van der Waals surface area (Å²) in [5.41, 5.74) is 0.680. The van der Waals surface area contributed by atoms with Gasteiger partial charge in [0.05, 0.1) is 13.5 Å². The van der Waals surface area contributed by atoms with E-state index >= 15 is 0 Å². The van der Waals surface area contributed by atoms with E-state index in [-0.39, 0.29) is 12.2 Å². The van der Waals surface area contributed by atoms with Gasteiger partial charge < -0.3 is 9.84 Å². The van der Waals surface area contributed by atoms with Crippen LogP contribution < -0.4 is 4.74 Å². The molecule has 0 amide bonds. The van der Waals surface area contributed by atoms with E-state index in [1.165, 1.54) is 13.2 Å². The molecule has 2 rings (SSSR count). The summed E-state index contributed by atoms with van der Waals surface area (Å²) in [7, 11) is 1.53. The summed E-state index contributed by atoms with van der Waals surface area (Å²) in [6.07, 6.45) is 1.43. The maximum absolute atomic E-state index is 13.9. The summed E-state index contributed by atoms with van der Waals surface area (Å²) < 4.78 is 19.1. The molecule has 0 spiro atoms. The number of carbonyl (C=O) groups is 1. The van der Waals surface area contributed by atoms with Gasteiger partial charge in [0.1, 0.15) is 11.6 Å². The number of hydrogen-bond donors (Lipinski definition) is 1. The molecule has 0 bridgehead atoms. The first kappa shape index (κ1) is 11.9. The van der Waals surface area contributed by atoms with Crippen molar-refractivity contribution < 1.29 is 19.0 Å². The van der Waals surface area contributed by atoms with E-state index in [9.17, 15) is 9.18 Å². The van der Waals surface area contributed by atoms with E-state index in [0.717, 1.165) is 18.4 Å². The van der Waals surface area contributed by atoms with Crippen LogP contribution in [-0.2, 0) is 10.2 Å². The predicted molar refractivity (Wildman–Crippen MR) is 60.9 cm³/mol. The van der Waals surface area contributed by atoms with Gasteiger partial charge in [-0.1, -0.05) is 0 Å². The van der Waals surface area contributed by atoms with Crippen LogP contribution in [0.1, 0.15) is 30.4 Å². The molecular weight excluding hydrogens is 223 g/mol. The minimum atomic E-state index is -0.888. The first-order valence-electron chi connectivity index (χ1n) is 5.55. The fraction of sp³-hybridized carbons (Fsp3) is 0.462. The Balaban J connectivity index is 2.42. The Morgan fingerprint density at radius 2 is 2.18 bits per heavy atom. The lowest BCUT2D eigenvalue weighted by Gasteiger charge is -2.16. The first-order valence-corrected chi connectivity index (χ1v) is 5.55. The Morgan fingerprint density at radius 3 is 2.65 bits per heavy atom. The van der Waals surface area contributed by atoms with Crippen molar-refractivity contribution in [2.45, 2.75) is 31.6 Å². The number of ether oxygens (including phenoxy) is 1. The molecule has 1 N–H and O–H groups in total. The number of carboxylic acids is 1. The van der Waals surface area contributed by atoms with Crippen LogP contribution in [-0.4, -0.2) is 18.2 Å². The van der Waals surface area contributed by atoms with E-state index in [4.69, 9.17) is 9.84 Å². The predicted octanol–water partition coefficient (Wildman–Crippen LogP) is 2.65. The van der Waals surface area contributed by atoms with Gasteiger partial charge in [-0.2, -0.15) is 0 Å². The maximum atomic E-state index is 13.9. The third-order valence-corrected chi connectivity index (χ3v) is 3.40. The van der Waals surface area contributed by atoms with Crippen molar-refractivity contribution in [3.05, 3.63) is 29.1 Å². The standard InChI is InChI=1S/C13H15FO3/c1-8-5-10(14)9(6-11(8)17-2)13(3-4-13)7-12(15)16/h5-6H,3-4,7H2,1-2H3,(H,15,16). The number of benzene rings is 1. The molecule has 92 valence electrons. The highest BCUT2D eigenvalue weighted by atomic mass is 19.1. The number of hydrogen-bond acceptors (Lipinski definition) is 2. The molecule has 4 heteroatoms. The van der Waals surface area contributed by atoms with Crippen molar-refractivity contribution in [3.8, 4) is 5.75 Å². The number of methoxy groups -OCH3 is 1. The van der Waals surface area contributed by atoms with Gasteiger partial charge >= 0.3 is 5.97 Å². The Kier molecular flexibility index (Phi) is 2.81. The lowest BCUT2D eigenvalue weighted by atomic mass is 9.91. The molecule has 0 atom stereocenters. The van der Waals surface area contributed by atoms with Crippen molar-refractivity contribution in [2.75, 3.05) is 7.11 Å². The van der Waals surface area contributed by atoms with Gasteiger partial charge in [0, 0.05) is 5.41 Å². The molecule has 0 saturated heterocycles. The van der Waals surface area contributed by atoms with Crippen LogP contribution >= 0.6 is 0 Å². The molecule has 3 nitrogen and oxygen atoms in total. The van der Waals surface area contributed by atoms with Crippen LogP contribution in [0.4, 0.5) is 4.39 Å². The van der Waals surface area contributed by atoms with Crippen molar-refractivity contribution >= 4 is 5.97 Å². The fourth-order valence-corrected chi connectivity index (χ4v) is 2.26. The van der Waals surface area contributed by atoms with E-state index in [0.29, 0.717) is 11.3 Å². The zero-order valence-electron chi connectivity index (χ0n) is 9.92. The second-order valence-electron chi connectivity index (χ2n) is 4.65. The lowest BCUT2D eigenvalue weighted by molar-refractivity contribution is -0.137. The quantitative estimate of drug-likeness (QED) is 0.877. The first-order chi connectivity index (χ1) is 7.98. The summed E-state index contributed by atoms with van der Waals surface area (Å²) in [5.74, 6) is -0.610. The average molecular weight is 238 g/mol. The molecule has 0 unspecified atom stereocenters. The second kappa shape index (κ2) is 4.02. The molecule has 0 aliphatic heterocycles. The number of halogens is 1. The summed E-state index contributed by atoms with van der Waals surface area (Å²) in [5, 5.41) is 8.87. The van der Waals surface area contributed by atoms with Gasteiger partial charge in [0.2, 0.25) is 0 Å². The zero-order valence-corrected chi connectivity index (χ0v) is 9.92. The van der Waals surface area contributed by atoms with Crippen LogP contribution in [0.25, 0.3) is 0 Å². The summed E-state index contributed by atoms with van der Waals surface area (Å²) in [4.78, 5) is 10.8. The normalized spacial score (nSPS) is 16.6. The zero-order chi connectivity index (χ0) is 12.6. The molecule has 17 heavy (non-hydrogen) atoms.